The molecule has 0 aliphatic carbocycles. The number of hydrogen-bond acceptors (Lipinski definition) is 4. The second-order valence-electron chi connectivity index (χ2n) is 5.85. The monoisotopic (exact) mass is 402 g/mol. The third-order valence-corrected chi connectivity index (χ3v) is 4.64. The molecule has 7 heteroatoms. The molecule has 1 fully saturated rings. The molecule has 0 bridgehead atoms. The van der Waals surface area contributed by atoms with Crippen molar-refractivity contribution in [3.05, 3.63) is 64.3 Å². The smallest absolute Gasteiger partial charge is 0.276 e. The van der Waals surface area contributed by atoms with Gasteiger partial charge in [0.15, 0.2) is 5.11 Å². The van der Waals surface area contributed by atoms with Crippen molar-refractivity contribution >= 4 is 40.9 Å². The molecule has 1 N–H and O–H groups in total. The van der Waals surface area contributed by atoms with E-state index in [1.165, 1.54) is 4.90 Å². The van der Waals surface area contributed by atoms with Gasteiger partial charge in [0.1, 0.15) is 23.8 Å². The van der Waals surface area contributed by atoms with Gasteiger partial charge < -0.3 is 14.8 Å². The first-order valence-corrected chi connectivity index (χ1v) is 9.20. The van der Waals surface area contributed by atoms with E-state index < -0.39 is 0 Å². The zero-order valence-corrected chi connectivity index (χ0v) is 16.6. The Morgan fingerprint density at radius 2 is 2.07 bits per heavy atom. The molecule has 0 atom stereocenters. The van der Waals surface area contributed by atoms with Crippen LogP contribution in [-0.2, 0) is 11.4 Å². The summed E-state index contributed by atoms with van der Waals surface area (Å²) in [5, 5.41) is 3.99. The van der Waals surface area contributed by atoms with Crippen molar-refractivity contribution in [3.8, 4) is 11.5 Å². The predicted molar refractivity (Wildman–Crippen MR) is 110 cm³/mol. The highest BCUT2D eigenvalue weighted by Gasteiger charge is 2.29. The Balaban J connectivity index is 1.82. The van der Waals surface area contributed by atoms with Gasteiger partial charge in [-0.3, -0.25) is 9.69 Å². The molecular formula is C20H19ClN2O3S. The van der Waals surface area contributed by atoms with Crippen LogP contribution >= 0.6 is 23.8 Å². The highest BCUT2D eigenvalue weighted by Crippen LogP contribution is 2.25. The number of methoxy groups -OCH3 is 1. The van der Waals surface area contributed by atoms with E-state index in [4.69, 9.17) is 33.3 Å². The number of halogens is 1. The average molecular weight is 403 g/mol. The van der Waals surface area contributed by atoms with Crippen molar-refractivity contribution in [2.75, 3.05) is 13.7 Å². The van der Waals surface area contributed by atoms with Crippen LogP contribution in [0.2, 0.25) is 5.02 Å². The van der Waals surface area contributed by atoms with E-state index in [0.717, 1.165) is 11.1 Å². The number of hydrogen-bond donors (Lipinski definition) is 1. The quantitative estimate of drug-likeness (QED) is 0.584. The summed E-state index contributed by atoms with van der Waals surface area (Å²) in [6.45, 7) is 2.72. The van der Waals surface area contributed by atoms with Crippen molar-refractivity contribution in [3.63, 3.8) is 0 Å². The number of carbonyl (C=O) groups excluding carboxylic acids is 1. The Morgan fingerprint density at radius 3 is 2.74 bits per heavy atom. The molecule has 0 spiro atoms. The van der Waals surface area contributed by atoms with Gasteiger partial charge in [-0.05, 0) is 61.1 Å². The minimum atomic E-state index is -0.130. The fourth-order valence-electron chi connectivity index (χ4n) is 2.74. The van der Waals surface area contributed by atoms with Crippen LogP contribution in [0.1, 0.15) is 18.1 Å². The first kappa shape index (κ1) is 19.2. The Morgan fingerprint density at radius 1 is 1.26 bits per heavy atom. The molecule has 140 valence electrons. The summed E-state index contributed by atoms with van der Waals surface area (Å²) in [6.07, 6.45) is 1.77. The molecule has 0 radical (unpaired) electrons. The number of benzene rings is 2. The molecule has 1 amide bonds. The summed E-state index contributed by atoms with van der Waals surface area (Å²) in [7, 11) is 1.61. The van der Waals surface area contributed by atoms with Crippen LogP contribution in [0.3, 0.4) is 0 Å². The van der Waals surface area contributed by atoms with E-state index in [9.17, 15) is 4.79 Å². The standard InChI is InChI=1S/C20H19ClN2O3S/c1-3-23-19(24)17(22-20(23)27)10-13-7-8-18(25-2)14(9-13)12-26-16-6-4-5-15(21)11-16/h4-11H,3,12H2,1-2H3,(H,22,27)/b17-10+. The molecular weight excluding hydrogens is 384 g/mol. The highest BCUT2D eigenvalue weighted by molar-refractivity contribution is 7.80. The lowest BCUT2D eigenvalue weighted by Crippen LogP contribution is -2.30. The number of ether oxygens (including phenoxy) is 2. The summed E-state index contributed by atoms with van der Waals surface area (Å²) in [5.74, 6) is 1.25. The van der Waals surface area contributed by atoms with Crippen LogP contribution in [0, 0.1) is 0 Å². The number of likely N-dealkylation sites (N-methyl/N-ethyl adjacent to an activating group) is 1. The van der Waals surface area contributed by atoms with Crippen molar-refractivity contribution in [1.82, 2.24) is 10.2 Å². The third kappa shape index (κ3) is 4.40. The van der Waals surface area contributed by atoms with Crippen LogP contribution < -0.4 is 14.8 Å². The predicted octanol–water partition coefficient (Wildman–Crippen LogP) is 4.01. The maximum absolute atomic E-state index is 12.3. The third-order valence-electron chi connectivity index (χ3n) is 4.08. The largest absolute Gasteiger partial charge is 0.496 e. The van der Waals surface area contributed by atoms with E-state index in [0.29, 0.717) is 40.5 Å². The van der Waals surface area contributed by atoms with E-state index in [-0.39, 0.29) is 5.91 Å². The van der Waals surface area contributed by atoms with Crippen LogP contribution in [-0.4, -0.2) is 29.6 Å². The van der Waals surface area contributed by atoms with Crippen molar-refractivity contribution in [2.45, 2.75) is 13.5 Å². The van der Waals surface area contributed by atoms with Gasteiger partial charge in [0.05, 0.1) is 7.11 Å². The van der Waals surface area contributed by atoms with E-state index >= 15 is 0 Å². The number of thiocarbonyl (C=S) groups is 1. The molecule has 0 saturated carbocycles. The van der Waals surface area contributed by atoms with E-state index in [1.807, 2.05) is 37.3 Å². The van der Waals surface area contributed by atoms with Gasteiger partial charge in [0, 0.05) is 17.1 Å². The second kappa shape index (κ2) is 8.41. The maximum atomic E-state index is 12.3. The van der Waals surface area contributed by atoms with Crippen molar-refractivity contribution in [2.24, 2.45) is 0 Å². The van der Waals surface area contributed by atoms with Gasteiger partial charge in [0.25, 0.3) is 5.91 Å². The summed E-state index contributed by atoms with van der Waals surface area (Å²) in [6, 6.07) is 12.8. The number of rotatable bonds is 6. The van der Waals surface area contributed by atoms with Gasteiger partial charge in [-0.2, -0.15) is 0 Å². The summed E-state index contributed by atoms with van der Waals surface area (Å²) >= 11 is 11.2. The fourth-order valence-corrected chi connectivity index (χ4v) is 3.25. The number of carbonyl (C=O) groups is 1. The second-order valence-corrected chi connectivity index (χ2v) is 6.68. The first-order valence-electron chi connectivity index (χ1n) is 8.41. The van der Waals surface area contributed by atoms with Gasteiger partial charge in [0.2, 0.25) is 0 Å². The number of nitrogens with zero attached hydrogens (tertiary/aromatic N) is 1. The lowest BCUT2D eigenvalue weighted by atomic mass is 10.1. The summed E-state index contributed by atoms with van der Waals surface area (Å²) in [4.78, 5) is 13.9. The lowest BCUT2D eigenvalue weighted by Gasteiger charge is -2.12. The number of nitrogens with one attached hydrogen (secondary N) is 1. The normalized spacial score (nSPS) is 15.2. The average Bonchev–Trinajstić information content (AvgIpc) is 2.93. The highest BCUT2D eigenvalue weighted by atomic mass is 35.5. The maximum Gasteiger partial charge on any atom is 0.276 e. The minimum Gasteiger partial charge on any atom is -0.496 e. The molecule has 1 aliphatic rings. The number of amides is 1. The molecule has 2 aromatic rings. The molecule has 0 unspecified atom stereocenters. The minimum absolute atomic E-state index is 0.130. The first-order chi connectivity index (χ1) is 13.0. The SMILES string of the molecule is CCN1C(=O)/C(=C\c2ccc(OC)c(COc3cccc(Cl)c3)c2)NC1=S. The van der Waals surface area contributed by atoms with Gasteiger partial charge in [-0.1, -0.05) is 23.7 Å². The van der Waals surface area contributed by atoms with Gasteiger partial charge >= 0.3 is 0 Å². The van der Waals surface area contributed by atoms with E-state index in [2.05, 4.69) is 5.32 Å². The molecule has 1 aliphatic heterocycles. The van der Waals surface area contributed by atoms with Crippen molar-refractivity contribution in [1.29, 1.82) is 0 Å². The molecule has 3 rings (SSSR count). The summed E-state index contributed by atoms with van der Waals surface area (Å²) in [5.41, 5.74) is 2.15. The Labute approximate surface area is 168 Å². The molecule has 0 aromatic heterocycles. The van der Waals surface area contributed by atoms with Crippen LogP contribution in [0.25, 0.3) is 6.08 Å². The Kier molecular flexibility index (Phi) is 5.98. The van der Waals surface area contributed by atoms with E-state index in [1.54, 1.807) is 25.3 Å². The molecule has 5 nitrogen and oxygen atoms in total. The van der Waals surface area contributed by atoms with Crippen LogP contribution in [0.4, 0.5) is 0 Å². The summed E-state index contributed by atoms with van der Waals surface area (Å²) < 4.78 is 11.2. The zero-order chi connectivity index (χ0) is 19.4. The Bertz CT molecular complexity index is 914. The molecule has 27 heavy (non-hydrogen) atoms. The van der Waals surface area contributed by atoms with Crippen LogP contribution in [0.15, 0.2) is 48.2 Å². The van der Waals surface area contributed by atoms with Gasteiger partial charge in [-0.25, -0.2) is 0 Å². The van der Waals surface area contributed by atoms with Crippen LogP contribution in [0.5, 0.6) is 11.5 Å². The van der Waals surface area contributed by atoms with Crippen molar-refractivity contribution < 1.29 is 14.3 Å². The Hall–Kier alpha value is -2.57. The molecule has 1 saturated heterocycles. The topological polar surface area (TPSA) is 50.8 Å². The lowest BCUT2D eigenvalue weighted by molar-refractivity contribution is -0.122. The fraction of sp³-hybridized carbons (Fsp3) is 0.200. The molecule has 1 heterocycles. The van der Waals surface area contributed by atoms with Gasteiger partial charge in [-0.15, -0.1) is 0 Å². The molecule has 2 aromatic carbocycles. The zero-order valence-electron chi connectivity index (χ0n) is 15.0.